The molecule has 0 aliphatic carbocycles. The number of methoxy groups -OCH3 is 2. The van der Waals surface area contributed by atoms with Crippen LogP contribution in [0.15, 0.2) is 18.3 Å². The monoisotopic (exact) mass is 383 g/mol. The molecule has 1 saturated heterocycles. The van der Waals surface area contributed by atoms with E-state index in [1.165, 1.54) is 20.4 Å². The molecular weight excluding hydrogens is 362 g/mol. The van der Waals surface area contributed by atoms with E-state index < -0.39 is 11.4 Å². The second-order valence-electron chi connectivity index (χ2n) is 6.53. The number of nitrogens with one attached hydrogen (secondary N) is 2. The van der Waals surface area contributed by atoms with Crippen LogP contribution >= 0.6 is 0 Å². The summed E-state index contributed by atoms with van der Waals surface area (Å²) in [5, 5.41) is 15.9. The van der Waals surface area contributed by atoms with E-state index in [4.69, 9.17) is 20.5 Å². The van der Waals surface area contributed by atoms with Crippen LogP contribution < -0.4 is 25.8 Å². The Labute approximate surface area is 161 Å². The van der Waals surface area contributed by atoms with Gasteiger partial charge < -0.3 is 25.8 Å². The fourth-order valence-electron chi connectivity index (χ4n) is 3.43. The van der Waals surface area contributed by atoms with Crippen molar-refractivity contribution >= 4 is 28.3 Å². The lowest BCUT2D eigenvalue weighted by Gasteiger charge is -2.30. The van der Waals surface area contributed by atoms with E-state index >= 15 is 0 Å². The first-order valence-electron chi connectivity index (χ1n) is 8.69. The highest BCUT2D eigenvalue weighted by Gasteiger charge is 2.41. The number of Topliss-reactive ketones (excluding diaryl/α,β-unsaturated/α-hetero) is 1. The fourth-order valence-corrected chi connectivity index (χ4v) is 3.43. The highest BCUT2D eigenvalue weighted by molar-refractivity contribution is 6.08. The first kappa shape index (κ1) is 19.4. The zero-order chi connectivity index (χ0) is 20.3. The molecule has 1 aliphatic heterocycles. The van der Waals surface area contributed by atoms with Gasteiger partial charge in [-0.05, 0) is 19.0 Å². The first-order chi connectivity index (χ1) is 13.5. The van der Waals surface area contributed by atoms with E-state index in [1.54, 1.807) is 12.1 Å². The normalized spacial score (nSPS) is 18.5. The van der Waals surface area contributed by atoms with E-state index in [0.717, 1.165) is 0 Å². The van der Waals surface area contributed by atoms with Crippen LogP contribution in [0, 0.1) is 11.3 Å². The van der Waals surface area contributed by atoms with Gasteiger partial charge in [0.2, 0.25) is 0 Å². The van der Waals surface area contributed by atoms with Gasteiger partial charge in [0.25, 0.3) is 5.91 Å². The van der Waals surface area contributed by atoms with Crippen molar-refractivity contribution in [2.75, 3.05) is 32.6 Å². The summed E-state index contributed by atoms with van der Waals surface area (Å²) >= 11 is 0. The van der Waals surface area contributed by atoms with Gasteiger partial charge in [0.1, 0.15) is 5.54 Å². The van der Waals surface area contributed by atoms with Crippen LogP contribution in [0.25, 0.3) is 10.9 Å². The minimum atomic E-state index is -1.01. The zero-order valence-corrected chi connectivity index (χ0v) is 15.7. The molecule has 0 saturated carbocycles. The second-order valence-corrected chi connectivity index (χ2v) is 6.53. The number of nitrogens with two attached hydrogens (primary N) is 1. The lowest BCUT2D eigenvalue weighted by Crippen LogP contribution is -2.48. The lowest BCUT2D eigenvalue weighted by atomic mass is 9.90. The first-order valence-corrected chi connectivity index (χ1v) is 8.69. The average molecular weight is 383 g/mol. The van der Waals surface area contributed by atoms with E-state index in [2.05, 4.69) is 15.6 Å². The Morgan fingerprint density at radius 2 is 2.07 bits per heavy atom. The average Bonchev–Trinajstić information content (AvgIpc) is 3.17. The summed E-state index contributed by atoms with van der Waals surface area (Å²) in [6.45, 7) is 0.944. The van der Waals surface area contributed by atoms with Crippen molar-refractivity contribution in [1.82, 2.24) is 10.3 Å². The topological polar surface area (TPSA) is 139 Å². The fraction of sp³-hybridized carbons (Fsp3) is 0.368. The van der Waals surface area contributed by atoms with Crippen LogP contribution in [0.1, 0.15) is 23.2 Å². The number of carbonyl (C=O) groups is 2. The summed E-state index contributed by atoms with van der Waals surface area (Å²) < 4.78 is 10.7. The number of nitriles is 1. The smallest absolute Gasteiger partial charge is 0.252 e. The Morgan fingerprint density at radius 1 is 1.36 bits per heavy atom. The molecule has 1 atom stereocenters. The van der Waals surface area contributed by atoms with Crippen molar-refractivity contribution in [1.29, 1.82) is 5.26 Å². The highest BCUT2D eigenvalue weighted by atomic mass is 16.5. The quantitative estimate of drug-likeness (QED) is 0.643. The Morgan fingerprint density at radius 3 is 2.64 bits per heavy atom. The number of primary amides is 1. The number of nitrogens with zero attached hydrogens (tertiary/aromatic N) is 2. The molecule has 0 bridgehead atoms. The number of fused-ring (bicyclic) bond motifs is 1. The molecule has 0 unspecified atom stereocenters. The number of hydrogen-bond donors (Lipinski definition) is 3. The molecule has 0 spiro atoms. The van der Waals surface area contributed by atoms with Crippen molar-refractivity contribution in [2.24, 2.45) is 5.73 Å². The lowest BCUT2D eigenvalue weighted by molar-refractivity contribution is -0.121. The molecule has 1 aromatic heterocycles. The molecule has 9 heteroatoms. The molecule has 1 fully saturated rings. The van der Waals surface area contributed by atoms with Crippen molar-refractivity contribution in [2.45, 2.75) is 18.4 Å². The summed E-state index contributed by atoms with van der Waals surface area (Å²) in [7, 11) is 3.02. The number of amides is 1. The molecular formula is C19H21N5O4. The van der Waals surface area contributed by atoms with Gasteiger partial charge in [0.05, 0.1) is 43.5 Å². The van der Waals surface area contributed by atoms with E-state index in [-0.39, 0.29) is 17.8 Å². The van der Waals surface area contributed by atoms with Gasteiger partial charge in [-0.3, -0.25) is 14.6 Å². The number of aromatic nitrogens is 1. The van der Waals surface area contributed by atoms with Gasteiger partial charge in [-0.1, -0.05) is 0 Å². The van der Waals surface area contributed by atoms with E-state index in [0.29, 0.717) is 47.6 Å². The van der Waals surface area contributed by atoms with Gasteiger partial charge in [0, 0.05) is 24.2 Å². The number of benzene rings is 1. The standard InChI is InChI=1S/C19H21N5O4/c1-27-14-7-11-13(8-15(14)28-2)23-9-12(18(21)26)17(11)24-19(4-6-22-10-19)16(25)3-5-20/h7-9,22H,3-4,6,10H2,1-2H3,(H2,21,26)(H,23,24)/t19-/m0/s1. The van der Waals surface area contributed by atoms with Crippen LogP contribution in [-0.2, 0) is 4.79 Å². The van der Waals surface area contributed by atoms with Crippen LogP contribution in [0.3, 0.4) is 0 Å². The Kier molecular flexibility index (Phi) is 5.33. The second kappa shape index (κ2) is 7.70. The largest absolute Gasteiger partial charge is 0.493 e. The van der Waals surface area contributed by atoms with Crippen LogP contribution in [0.5, 0.6) is 11.5 Å². The van der Waals surface area contributed by atoms with E-state index in [1.807, 2.05) is 6.07 Å². The zero-order valence-electron chi connectivity index (χ0n) is 15.7. The molecule has 2 aromatic rings. The van der Waals surface area contributed by atoms with Gasteiger partial charge in [-0.2, -0.15) is 5.26 Å². The maximum absolute atomic E-state index is 12.7. The maximum atomic E-state index is 12.7. The van der Waals surface area contributed by atoms with Crippen molar-refractivity contribution in [3.05, 3.63) is 23.9 Å². The molecule has 4 N–H and O–H groups in total. The molecule has 3 rings (SSSR count). The molecule has 1 amide bonds. The Bertz CT molecular complexity index is 976. The number of hydrogen-bond acceptors (Lipinski definition) is 8. The van der Waals surface area contributed by atoms with Crippen molar-refractivity contribution in [3.63, 3.8) is 0 Å². The highest BCUT2D eigenvalue weighted by Crippen LogP contribution is 2.37. The number of anilines is 1. The SMILES string of the molecule is COc1cc2ncc(C(N)=O)c(N[C@@]3(C(=O)CC#N)CCNC3)c2cc1OC. The molecule has 9 nitrogen and oxygen atoms in total. The van der Waals surface area contributed by atoms with Crippen molar-refractivity contribution < 1.29 is 19.1 Å². The predicted octanol–water partition coefficient (Wildman–Crippen LogP) is 0.978. The summed E-state index contributed by atoms with van der Waals surface area (Å²) in [6.07, 6.45) is 1.60. The Balaban J connectivity index is 2.22. The molecule has 0 radical (unpaired) electrons. The minimum absolute atomic E-state index is 0.149. The molecule has 1 aliphatic rings. The van der Waals surface area contributed by atoms with Gasteiger partial charge in [0.15, 0.2) is 17.3 Å². The summed E-state index contributed by atoms with van der Waals surface area (Å²) in [4.78, 5) is 29.1. The van der Waals surface area contributed by atoms with Crippen LogP contribution in [0.4, 0.5) is 5.69 Å². The number of ketones is 1. The third-order valence-electron chi connectivity index (χ3n) is 4.93. The molecule has 2 heterocycles. The van der Waals surface area contributed by atoms with Crippen LogP contribution in [0.2, 0.25) is 0 Å². The third-order valence-corrected chi connectivity index (χ3v) is 4.93. The van der Waals surface area contributed by atoms with Crippen molar-refractivity contribution in [3.8, 4) is 17.6 Å². The summed E-state index contributed by atoms with van der Waals surface area (Å²) in [6, 6.07) is 5.27. The van der Waals surface area contributed by atoms with Gasteiger partial charge >= 0.3 is 0 Å². The molecule has 28 heavy (non-hydrogen) atoms. The van der Waals surface area contributed by atoms with Gasteiger partial charge in [-0.15, -0.1) is 0 Å². The number of carbonyl (C=O) groups excluding carboxylic acids is 2. The number of pyridine rings is 1. The predicted molar refractivity (Wildman–Crippen MR) is 102 cm³/mol. The minimum Gasteiger partial charge on any atom is -0.493 e. The van der Waals surface area contributed by atoms with Crippen LogP contribution in [-0.4, -0.2) is 49.5 Å². The summed E-state index contributed by atoms with van der Waals surface area (Å²) in [5.74, 6) is 0.00267. The molecule has 1 aromatic carbocycles. The van der Waals surface area contributed by atoms with E-state index in [9.17, 15) is 9.59 Å². The number of ether oxygens (including phenoxy) is 2. The molecule has 146 valence electrons. The Hall–Kier alpha value is -3.38. The third kappa shape index (κ3) is 3.30. The van der Waals surface area contributed by atoms with Gasteiger partial charge in [-0.25, -0.2) is 0 Å². The maximum Gasteiger partial charge on any atom is 0.252 e. The number of rotatable bonds is 7. The summed E-state index contributed by atoms with van der Waals surface area (Å²) in [5.41, 5.74) is 5.62.